The first-order chi connectivity index (χ1) is 13.1. The summed E-state index contributed by atoms with van der Waals surface area (Å²) in [5, 5.41) is 6.07. The maximum absolute atomic E-state index is 11.5. The van der Waals surface area contributed by atoms with E-state index in [0.717, 1.165) is 29.1 Å². The van der Waals surface area contributed by atoms with E-state index in [1.165, 1.54) is 0 Å². The summed E-state index contributed by atoms with van der Waals surface area (Å²) in [5.74, 6) is 1.78. The first kappa shape index (κ1) is 18.4. The number of nitrogens with zero attached hydrogens (tertiary/aromatic N) is 2. The number of ether oxygens (including phenoxy) is 2. The number of rotatable bonds is 6. The first-order valence-electron chi connectivity index (χ1n) is 8.62. The minimum absolute atomic E-state index is 0.0921. The highest BCUT2D eigenvalue weighted by Gasteiger charge is 2.14. The zero-order chi connectivity index (χ0) is 19.2. The van der Waals surface area contributed by atoms with Gasteiger partial charge in [-0.05, 0) is 25.1 Å². The molecule has 0 radical (unpaired) electrons. The number of amides is 1. The Bertz CT molecular complexity index is 906. The fourth-order valence-corrected chi connectivity index (χ4v) is 2.78. The molecule has 3 rings (SSSR count). The molecule has 7 nitrogen and oxygen atoms in total. The summed E-state index contributed by atoms with van der Waals surface area (Å²) < 4.78 is 10.7. The van der Waals surface area contributed by atoms with Gasteiger partial charge in [-0.1, -0.05) is 6.08 Å². The quantitative estimate of drug-likeness (QED) is 0.817. The van der Waals surface area contributed by atoms with Crippen molar-refractivity contribution in [1.82, 2.24) is 20.6 Å². The molecule has 0 fully saturated rings. The van der Waals surface area contributed by atoms with Crippen LogP contribution in [0, 0.1) is 0 Å². The second-order valence-corrected chi connectivity index (χ2v) is 5.87. The van der Waals surface area contributed by atoms with E-state index in [4.69, 9.17) is 9.47 Å². The number of carbonyl (C=O) groups excluding carboxylic acids is 1. The molecule has 27 heavy (non-hydrogen) atoms. The molecule has 0 saturated heterocycles. The molecule has 0 unspecified atom stereocenters. The number of benzene rings is 1. The lowest BCUT2D eigenvalue weighted by molar-refractivity contribution is -0.116. The van der Waals surface area contributed by atoms with Gasteiger partial charge in [-0.2, -0.15) is 0 Å². The Morgan fingerprint density at radius 2 is 2.11 bits per heavy atom. The van der Waals surface area contributed by atoms with Gasteiger partial charge in [-0.15, -0.1) is 0 Å². The highest BCUT2D eigenvalue weighted by molar-refractivity contribution is 5.89. The van der Waals surface area contributed by atoms with Gasteiger partial charge in [0, 0.05) is 37.0 Å². The third kappa shape index (κ3) is 4.25. The Balaban J connectivity index is 1.92. The van der Waals surface area contributed by atoms with Gasteiger partial charge < -0.3 is 20.1 Å². The first-order valence-corrected chi connectivity index (χ1v) is 8.62. The molecular formula is C20H22N4O3. The fraction of sp³-hybridized carbons (Fsp3) is 0.250. The van der Waals surface area contributed by atoms with E-state index in [1.807, 2.05) is 31.2 Å². The third-order valence-electron chi connectivity index (χ3n) is 4.16. The monoisotopic (exact) mass is 366 g/mol. The smallest absolute Gasteiger partial charge is 0.245 e. The average molecular weight is 366 g/mol. The molecule has 0 atom stereocenters. The molecule has 1 aromatic heterocycles. The van der Waals surface area contributed by atoms with Crippen molar-refractivity contribution in [3.63, 3.8) is 0 Å². The molecule has 0 bridgehead atoms. The number of aromatic nitrogens is 2. The van der Waals surface area contributed by atoms with E-state index < -0.39 is 0 Å². The molecule has 7 heteroatoms. The SMILES string of the molecule is C/C=C(\NC1=CC(=O)NCC1)c1ccnc(-c2ccc(OC)cc2OC)n1. The lowest BCUT2D eigenvalue weighted by atomic mass is 10.1. The molecule has 2 aromatic rings. The normalized spacial score (nSPS) is 14.3. The lowest BCUT2D eigenvalue weighted by Crippen LogP contribution is -2.30. The Hall–Kier alpha value is -3.35. The molecule has 1 aliphatic heterocycles. The molecule has 1 aromatic carbocycles. The average Bonchev–Trinajstić information content (AvgIpc) is 2.71. The standard InChI is InChI=1S/C20H22N4O3/c1-4-16(23-13-7-9-21-19(25)11-13)17-8-10-22-20(24-17)15-6-5-14(26-2)12-18(15)27-3/h4-6,8,10-12,23H,7,9H2,1-3H3,(H,21,25)/b16-4-. The van der Waals surface area contributed by atoms with E-state index in [1.54, 1.807) is 32.6 Å². The van der Waals surface area contributed by atoms with Crippen LogP contribution in [0.1, 0.15) is 19.0 Å². The number of hydrogen-bond donors (Lipinski definition) is 2. The van der Waals surface area contributed by atoms with Crippen LogP contribution in [0.15, 0.2) is 48.3 Å². The highest BCUT2D eigenvalue weighted by Crippen LogP contribution is 2.31. The van der Waals surface area contributed by atoms with Gasteiger partial charge in [0.1, 0.15) is 11.5 Å². The van der Waals surface area contributed by atoms with Crippen LogP contribution < -0.4 is 20.1 Å². The van der Waals surface area contributed by atoms with Crippen molar-refractivity contribution in [1.29, 1.82) is 0 Å². The van der Waals surface area contributed by atoms with Gasteiger partial charge in [-0.3, -0.25) is 4.79 Å². The minimum atomic E-state index is -0.0921. The Kier molecular flexibility index (Phi) is 5.71. The van der Waals surface area contributed by atoms with Crippen molar-refractivity contribution in [2.75, 3.05) is 20.8 Å². The lowest BCUT2D eigenvalue weighted by Gasteiger charge is -2.18. The zero-order valence-electron chi connectivity index (χ0n) is 15.6. The van der Waals surface area contributed by atoms with E-state index in [9.17, 15) is 4.79 Å². The molecule has 0 saturated carbocycles. The molecule has 0 aliphatic carbocycles. The van der Waals surface area contributed by atoms with E-state index in [2.05, 4.69) is 20.6 Å². The van der Waals surface area contributed by atoms with Gasteiger partial charge in [0.05, 0.1) is 31.2 Å². The summed E-state index contributed by atoms with van der Waals surface area (Å²) >= 11 is 0. The Morgan fingerprint density at radius 3 is 2.81 bits per heavy atom. The van der Waals surface area contributed by atoms with Gasteiger partial charge in [0.25, 0.3) is 0 Å². The number of hydrogen-bond acceptors (Lipinski definition) is 6. The Labute approximate surface area is 158 Å². The molecule has 2 heterocycles. The van der Waals surface area contributed by atoms with Crippen LogP contribution in [0.25, 0.3) is 17.1 Å². The minimum Gasteiger partial charge on any atom is -0.497 e. The molecule has 1 amide bonds. The van der Waals surface area contributed by atoms with Gasteiger partial charge >= 0.3 is 0 Å². The number of allylic oxidation sites excluding steroid dienone is 1. The van der Waals surface area contributed by atoms with Crippen LogP contribution in [0.5, 0.6) is 11.5 Å². The fourth-order valence-electron chi connectivity index (χ4n) is 2.78. The predicted molar refractivity (Wildman–Crippen MR) is 103 cm³/mol. The highest BCUT2D eigenvalue weighted by atomic mass is 16.5. The van der Waals surface area contributed by atoms with Crippen LogP contribution in [0.4, 0.5) is 0 Å². The predicted octanol–water partition coefficient (Wildman–Crippen LogP) is 2.52. The van der Waals surface area contributed by atoms with Crippen LogP contribution in [0.2, 0.25) is 0 Å². The van der Waals surface area contributed by atoms with Gasteiger partial charge in [0.15, 0.2) is 5.82 Å². The molecule has 2 N–H and O–H groups in total. The van der Waals surface area contributed by atoms with Crippen molar-refractivity contribution in [3.05, 3.63) is 54.0 Å². The summed E-state index contributed by atoms with van der Waals surface area (Å²) in [6.07, 6.45) is 5.94. The summed E-state index contributed by atoms with van der Waals surface area (Å²) in [6, 6.07) is 7.33. The van der Waals surface area contributed by atoms with Gasteiger partial charge in [0.2, 0.25) is 5.91 Å². The van der Waals surface area contributed by atoms with E-state index in [-0.39, 0.29) is 5.91 Å². The number of carbonyl (C=O) groups is 1. The largest absolute Gasteiger partial charge is 0.497 e. The second kappa shape index (κ2) is 8.35. The molecular weight excluding hydrogens is 344 g/mol. The van der Waals surface area contributed by atoms with Crippen molar-refractivity contribution in [3.8, 4) is 22.9 Å². The summed E-state index contributed by atoms with van der Waals surface area (Å²) in [4.78, 5) is 20.6. The number of methoxy groups -OCH3 is 2. The molecule has 1 aliphatic rings. The maximum Gasteiger partial charge on any atom is 0.245 e. The van der Waals surface area contributed by atoms with E-state index in [0.29, 0.717) is 23.9 Å². The molecule has 140 valence electrons. The zero-order valence-corrected chi connectivity index (χ0v) is 15.6. The Morgan fingerprint density at radius 1 is 1.26 bits per heavy atom. The van der Waals surface area contributed by atoms with Crippen molar-refractivity contribution < 1.29 is 14.3 Å². The van der Waals surface area contributed by atoms with E-state index >= 15 is 0 Å². The summed E-state index contributed by atoms with van der Waals surface area (Å²) in [5.41, 5.74) is 3.17. The third-order valence-corrected chi connectivity index (χ3v) is 4.16. The van der Waals surface area contributed by atoms with Crippen LogP contribution in [-0.2, 0) is 4.79 Å². The van der Waals surface area contributed by atoms with Crippen LogP contribution >= 0.6 is 0 Å². The van der Waals surface area contributed by atoms with Crippen molar-refractivity contribution in [2.24, 2.45) is 0 Å². The van der Waals surface area contributed by atoms with Crippen LogP contribution in [0.3, 0.4) is 0 Å². The maximum atomic E-state index is 11.5. The number of nitrogens with one attached hydrogen (secondary N) is 2. The van der Waals surface area contributed by atoms with Crippen LogP contribution in [-0.4, -0.2) is 36.6 Å². The summed E-state index contributed by atoms with van der Waals surface area (Å²) in [6.45, 7) is 2.54. The van der Waals surface area contributed by atoms with Gasteiger partial charge in [-0.25, -0.2) is 9.97 Å². The molecule has 0 spiro atoms. The summed E-state index contributed by atoms with van der Waals surface area (Å²) in [7, 11) is 3.21. The second-order valence-electron chi connectivity index (χ2n) is 5.87. The van der Waals surface area contributed by atoms with Crippen molar-refractivity contribution >= 4 is 11.6 Å². The topological polar surface area (TPSA) is 85.4 Å². The van der Waals surface area contributed by atoms with Crippen molar-refractivity contribution in [2.45, 2.75) is 13.3 Å².